The molecule has 43 heavy (non-hydrogen) atoms. The summed E-state index contributed by atoms with van der Waals surface area (Å²) in [4.78, 5) is 46.5. The lowest BCUT2D eigenvalue weighted by Crippen LogP contribution is -2.44. The molecule has 0 aliphatic rings. The molecule has 0 bridgehead atoms. The van der Waals surface area contributed by atoms with Crippen molar-refractivity contribution < 1.29 is 34.8 Å². The minimum atomic E-state index is -1.72. The Morgan fingerprint density at radius 2 is 1.77 bits per heavy atom. The number of H-pyrrole nitrogens is 1. The van der Waals surface area contributed by atoms with E-state index in [0.29, 0.717) is 23.2 Å². The van der Waals surface area contributed by atoms with Crippen molar-refractivity contribution in [3.8, 4) is 5.75 Å². The normalized spacial score (nSPS) is 14.1. The molecule has 230 valence electrons. The smallest absolute Gasteiger partial charge is 0.316 e. The van der Waals surface area contributed by atoms with E-state index in [-0.39, 0.29) is 12.5 Å². The van der Waals surface area contributed by atoms with Crippen LogP contribution in [-0.2, 0) is 17.8 Å². The van der Waals surface area contributed by atoms with Crippen molar-refractivity contribution in [3.63, 3.8) is 0 Å². The number of nitrogens with one attached hydrogen (secondary N) is 2. The minimum Gasteiger partial charge on any atom is -0.426 e. The topological polar surface area (TPSA) is 187 Å². The zero-order valence-corrected chi connectivity index (χ0v) is 24.8. The summed E-state index contributed by atoms with van der Waals surface area (Å²) in [6.07, 6.45) is -2.76. The number of amides is 1. The van der Waals surface area contributed by atoms with Crippen LogP contribution in [0, 0.1) is 19.3 Å². The first-order valence-electron chi connectivity index (χ1n) is 14.0. The average molecular weight is 595 g/mol. The maximum atomic E-state index is 13.5. The van der Waals surface area contributed by atoms with Gasteiger partial charge in [0.25, 0.3) is 11.5 Å². The van der Waals surface area contributed by atoms with Crippen LogP contribution in [0.5, 0.6) is 5.75 Å². The number of aryl methyl sites for hydroxylation is 2. The summed E-state index contributed by atoms with van der Waals surface area (Å²) in [5.74, 6) is -0.673. The number of hydrogen-bond donors (Lipinski definition) is 6. The first-order valence-corrected chi connectivity index (χ1v) is 14.0. The molecule has 0 saturated heterocycles. The highest BCUT2D eigenvalue weighted by Crippen LogP contribution is 2.26. The van der Waals surface area contributed by atoms with Crippen LogP contribution in [0.2, 0.25) is 0 Å². The average Bonchev–Trinajstić information content (AvgIpc) is 3.35. The first kappa shape index (κ1) is 31.8. The summed E-state index contributed by atoms with van der Waals surface area (Å²) in [6, 6.07) is 8.69. The van der Waals surface area contributed by atoms with Crippen molar-refractivity contribution in [2.75, 3.05) is 13.2 Å². The second-order valence-electron chi connectivity index (χ2n) is 11.8. The van der Waals surface area contributed by atoms with Crippen LogP contribution in [0.25, 0.3) is 21.9 Å². The standard InChI is InChI=1S/C31H38N4O8/c1-16-10-22-23(11-17(16)2)35(14-24(37)27(39)25(38)15-36)29(41)26(34-22)28(40)32-9-8-18-13-33-21-7-6-19(12-20(18)21)43-30(42)31(3,4)5/h6-7,10-13,24-25,27,33,36-39H,8-9,14-15H2,1-5H3,(H,32,40). The maximum absolute atomic E-state index is 13.5. The third-order valence-electron chi connectivity index (χ3n) is 7.36. The molecule has 2 heterocycles. The van der Waals surface area contributed by atoms with Crippen molar-refractivity contribution in [2.24, 2.45) is 5.41 Å². The molecule has 1 amide bonds. The molecule has 4 aromatic rings. The van der Waals surface area contributed by atoms with Crippen LogP contribution in [-0.4, -0.2) is 78.3 Å². The lowest BCUT2D eigenvalue weighted by Gasteiger charge is -2.23. The number of ether oxygens (including phenoxy) is 1. The summed E-state index contributed by atoms with van der Waals surface area (Å²) >= 11 is 0. The maximum Gasteiger partial charge on any atom is 0.316 e. The number of esters is 1. The minimum absolute atomic E-state index is 0.161. The number of nitrogens with zero attached hydrogens (tertiary/aromatic N) is 2. The molecule has 0 fully saturated rings. The molecule has 0 spiro atoms. The van der Waals surface area contributed by atoms with Crippen LogP contribution < -0.4 is 15.6 Å². The zero-order valence-electron chi connectivity index (χ0n) is 24.8. The summed E-state index contributed by atoms with van der Waals surface area (Å²) < 4.78 is 6.66. The number of aliphatic hydroxyl groups excluding tert-OH is 4. The van der Waals surface area contributed by atoms with E-state index in [4.69, 9.17) is 9.84 Å². The number of hydrogen-bond acceptors (Lipinski definition) is 9. The quantitative estimate of drug-likeness (QED) is 0.117. The molecule has 3 atom stereocenters. The highest BCUT2D eigenvalue weighted by Gasteiger charge is 2.27. The predicted molar refractivity (Wildman–Crippen MR) is 160 cm³/mol. The Hall–Kier alpha value is -4.10. The number of aromatic amines is 1. The van der Waals surface area contributed by atoms with Gasteiger partial charge in [0.15, 0.2) is 5.69 Å². The molecular weight excluding hydrogens is 556 g/mol. The largest absolute Gasteiger partial charge is 0.426 e. The Morgan fingerprint density at radius 3 is 2.44 bits per heavy atom. The fourth-order valence-electron chi connectivity index (χ4n) is 4.57. The number of aromatic nitrogens is 3. The monoisotopic (exact) mass is 594 g/mol. The van der Waals surface area contributed by atoms with Crippen molar-refractivity contribution >= 4 is 33.8 Å². The van der Waals surface area contributed by atoms with Gasteiger partial charge in [0, 0.05) is 23.6 Å². The van der Waals surface area contributed by atoms with E-state index < -0.39 is 54.0 Å². The molecule has 2 aromatic carbocycles. The first-order chi connectivity index (χ1) is 20.2. The van der Waals surface area contributed by atoms with Crippen LogP contribution >= 0.6 is 0 Å². The van der Waals surface area contributed by atoms with E-state index in [0.717, 1.165) is 32.2 Å². The van der Waals surface area contributed by atoms with Gasteiger partial charge < -0.3 is 40.0 Å². The van der Waals surface area contributed by atoms with Crippen molar-refractivity contribution in [3.05, 3.63) is 69.3 Å². The van der Waals surface area contributed by atoms with Gasteiger partial charge in [-0.15, -0.1) is 0 Å². The van der Waals surface area contributed by atoms with E-state index in [1.165, 1.54) is 0 Å². The Kier molecular flexibility index (Phi) is 9.35. The fraction of sp³-hybridized carbons (Fsp3) is 0.419. The molecule has 0 aliphatic carbocycles. The summed E-state index contributed by atoms with van der Waals surface area (Å²) in [6.45, 7) is 7.94. The molecular formula is C31H38N4O8. The van der Waals surface area contributed by atoms with Gasteiger partial charge in [-0.1, -0.05) is 0 Å². The molecule has 0 aliphatic heterocycles. The van der Waals surface area contributed by atoms with Crippen LogP contribution in [0.15, 0.2) is 41.3 Å². The molecule has 2 aromatic heterocycles. The van der Waals surface area contributed by atoms with Gasteiger partial charge in [0.05, 0.1) is 29.6 Å². The molecule has 3 unspecified atom stereocenters. The second-order valence-corrected chi connectivity index (χ2v) is 11.8. The van der Waals surface area contributed by atoms with Gasteiger partial charge in [0.2, 0.25) is 0 Å². The van der Waals surface area contributed by atoms with E-state index in [9.17, 15) is 29.7 Å². The zero-order chi connectivity index (χ0) is 31.6. The van der Waals surface area contributed by atoms with E-state index in [1.807, 2.05) is 13.8 Å². The number of fused-ring (bicyclic) bond motifs is 2. The number of aliphatic hydroxyl groups is 4. The molecule has 0 radical (unpaired) electrons. The lowest BCUT2D eigenvalue weighted by molar-refractivity contribution is -0.142. The summed E-state index contributed by atoms with van der Waals surface area (Å²) in [7, 11) is 0. The summed E-state index contributed by atoms with van der Waals surface area (Å²) in [5.41, 5.74) is 2.26. The predicted octanol–water partition coefficient (Wildman–Crippen LogP) is 1.49. The van der Waals surface area contributed by atoms with E-state index in [2.05, 4.69) is 15.3 Å². The number of carbonyl (C=O) groups excluding carboxylic acids is 2. The van der Waals surface area contributed by atoms with Crippen LogP contribution in [0.3, 0.4) is 0 Å². The van der Waals surface area contributed by atoms with Crippen LogP contribution in [0.4, 0.5) is 0 Å². The number of carbonyl (C=O) groups is 2. The van der Waals surface area contributed by atoms with E-state index >= 15 is 0 Å². The van der Waals surface area contributed by atoms with Crippen molar-refractivity contribution in [2.45, 2.75) is 65.9 Å². The second kappa shape index (κ2) is 12.6. The van der Waals surface area contributed by atoms with Gasteiger partial charge in [-0.25, -0.2) is 4.98 Å². The van der Waals surface area contributed by atoms with Crippen molar-refractivity contribution in [1.82, 2.24) is 19.9 Å². The molecule has 4 rings (SSSR count). The number of rotatable bonds is 10. The highest BCUT2D eigenvalue weighted by atomic mass is 16.5. The van der Waals surface area contributed by atoms with Gasteiger partial charge >= 0.3 is 5.97 Å². The van der Waals surface area contributed by atoms with Crippen LogP contribution in [0.1, 0.15) is 48.0 Å². The Balaban J connectivity index is 1.57. The molecule has 0 saturated carbocycles. The molecule has 12 nitrogen and oxygen atoms in total. The van der Waals surface area contributed by atoms with Gasteiger partial charge in [0.1, 0.15) is 24.1 Å². The highest BCUT2D eigenvalue weighted by molar-refractivity contribution is 5.94. The van der Waals surface area contributed by atoms with Gasteiger partial charge in [-0.3, -0.25) is 14.4 Å². The third-order valence-corrected chi connectivity index (χ3v) is 7.36. The molecule has 6 N–H and O–H groups in total. The third kappa shape index (κ3) is 6.94. The lowest BCUT2D eigenvalue weighted by atomic mass is 9.97. The van der Waals surface area contributed by atoms with Gasteiger partial charge in [-0.2, -0.15) is 0 Å². The van der Waals surface area contributed by atoms with Gasteiger partial charge in [-0.05, 0) is 88.1 Å². The molecule has 12 heteroatoms. The van der Waals surface area contributed by atoms with Crippen molar-refractivity contribution in [1.29, 1.82) is 0 Å². The Labute approximate surface area is 248 Å². The Morgan fingerprint density at radius 1 is 1.07 bits per heavy atom. The summed E-state index contributed by atoms with van der Waals surface area (Å²) in [5, 5.41) is 43.1. The fourth-order valence-corrected chi connectivity index (χ4v) is 4.57. The Bertz CT molecular complexity index is 1720. The SMILES string of the molecule is Cc1cc2nc(C(=O)NCCc3c[nH]c4ccc(OC(=O)C(C)(C)C)cc34)c(=O)n(CC(O)C(O)C(O)CO)c2cc1C. The number of benzene rings is 2. The van der Waals surface area contributed by atoms with E-state index in [1.54, 1.807) is 57.3 Å².